The number of aryl methyl sites for hydroxylation is 1. The van der Waals surface area contributed by atoms with E-state index in [4.69, 9.17) is 5.26 Å². The van der Waals surface area contributed by atoms with Gasteiger partial charge in [0.15, 0.2) is 0 Å². The molecule has 0 atom stereocenters. The summed E-state index contributed by atoms with van der Waals surface area (Å²) in [5.41, 5.74) is 1.89. The van der Waals surface area contributed by atoms with Gasteiger partial charge in [-0.3, -0.25) is 0 Å². The van der Waals surface area contributed by atoms with Crippen LogP contribution in [-0.4, -0.2) is 25.8 Å². The van der Waals surface area contributed by atoms with Gasteiger partial charge >= 0.3 is 0 Å². The molecule has 0 N–H and O–H groups in total. The van der Waals surface area contributed by atoms with E-state index in [9.17, 15) is 8.42 Å². The highest BCUT2D eigenvalue weighted by atomic mass is 32.2. The largest absolute Gasteiger partial charge is 0.219 e. The lowest BCUT2D eigenvalue weighted by atomic mass is 10.1. The molecule has 0 unspecified atom stereocenters. The first-order valence-corrected chi connectivity index (χ1v) is 7.57. The zero-order valence-corrected chi connectivity index (χ0v) is 11.6. The molecule has 0 spiro atoms. The molecule has 0 radical (unpaired) electrons. The Kier molecular flexibility index (Phi) is 5.32. The predicted octanol–water partition coefficient (Wildman–Crippen LogP) is 1.92. The van der Waals surface area contributed by atoms with E-state index < -0.39 is 10.0 Å². The van der Waals surface area contributed by atoms with Crippen LogP contribution in [0.15, 0.2) is 24.3 Å². The Balaban J connectivity index is 2.91. The first-order valence-electron chi connectivity index (χ1n) is 5.96. The molecule has 0 saturated heterocycles. The van der Waals surface area contributed by atoms with Crippen molar-refractivity contribution in [2.45, 2.75) is 26.0 Å². The number of benzene rings is 1. The van der Waals surface area contributed by atoms with Gasteiger partial charge in [0.2, 0.25) is 10.0 Å². The van der Waals surface area contributed by atoms with Crippen LogP contribution in [0.1, 0.15) is 25.0 Å². The Morgan fingerprint density at radius 1 is 1.28 bits per heavy atom. The van der Waals surface area contributed by atoms with E-state index in [1.165, 1.54) is 4.31 Å². The van der Waals surface area contributed by atoms with E-state index in [1.54, 1.807) is 13.0 Å². The second-order valence-electron chi connectivity index (χ2n) is 4.01. The first kappa shape index (κ1) is 14.7. The number of rotatable bonds is 6. The SMILES string of the molecule is CCc1cccc(CS(=O)(=O)N(CC)CC#N)c1. The van der Waals surface area contributed by atoms with Gasteiger partial charge in [-0.1, -0.05) is 38.1 Å². The molecule has 0 saturated carbocycles. The molecule has 18 heavy (non-hydrogen) atoms. The van der Waals surface area contributed by atoms with Crippen molar-refractivity contribution in [2.75, 3.05) is 13.1 Å². The molecule has 0 amide bonds. The quantitative estimate of drug-likeness (QED) is 0.739. The normalized spacial score (nSPS) is 11.4. The predicted molar refractivity (Wildman–Crippen MR) is 71.3 cm³/mol. The van der Waals surface area contributed by atoms with Gasteiger partial charge in [0.1, 0.15) is 6.54 Å². The number of hydrogen-bond acceptors (Lipinski definition) is 3. The molecule has 0 aliphatic rings. The Labute approximate surface area is 109 Å². The third-order valence-electron chi connectivity index (χ3n) is 2.74. The van der Waals surface area contributed by atoms with Crippen molar-refractivity contribution in [3.8, 4) is 6.07 Å². The molecule has 0 heterocycles. The Morgan fingerprint density at radius 3 is 2.50 bits per heavy atom. The first-order chi connectivity index (χ1) is 8.53. The molecular weight excluding hydrogens is 248 g/mol. The van der Waals surface area contributed by atoms with Crippen LogP contribution in [0.4, 0.5) is 0 Å². The lowest BCUT2D eigenvalue weighted by molar-refractivity contribution is 0.462. The molecule has 0 aliphatic heterocycles. The van der Waals surface area contributed by atoms with E-state index in [0.717, 1.165) is 17.5 Å². The van der Waals surface area contributed by atoms with Crippen LogP contribution in [0.3, 0.4) is 0 Å². The second kappa shape index (κ2) is 6.53. The van der Waals surface area contributed by atoms with Crippen molar-refractivity contribution in [3.05, 3.63) is 35.4 Å². The summed E-state index contributed by atoms with van der Waals surface area (Å²) in [5.74, 6) is -0.0453. The zero-order chi connectivity index (χ0) is 13.6. The van der Waals surface area contributed by atoms with Gasteiger partial charge in [0.05, 0.1) is 11.8 Å². The minimum Gasteiger partial charge on any atom is -0.212 e. The van der Waals surface area contributed by atoms with Crippen LogP contribution < -0.4 is 0 Å². The lowest BCUT2D eigenvalue weighted by Gasteiger charge is -2.17. The summed E-state index contributed by atoms with van der Waals surface area (Å²) in [6.07, 6.45) is 0.879. The molecule has 0 fully saturated rings. The van der Waals surface area contributed by atoms with Crippen molar-refractivity contribution < 1.29 is 8.42 Å². The van der Waals surface area contributed by atoms with Crippen molar-refractivity contribution in [2.24, 2.45) is 0 Å². The third kappa shape index (κ3) is 3.83. The van der Waals surface area contributed by atoms with Crippen molar-refractivity contribution in [3.63, 3.8) is 0 Å². The number of hydrogen-bond donors (Lipinski definition) is 0. The molecule has 0 bridgehead atoms. The van der Waals surface area contributed by atoms with E-state index in [1.807, 2.05) is 31.2 Å². The minimum absolute atomic E-state index is 0.0453. The Morgan fingerprint density at radius 2 is 1.94 bits per heavy atom. The molecule has 98 valence electrons. The van der Waals surface area contributed by atoms with Crippen molar-refractivity contribution in [1.82, 2.24) is 4.31 Å². The van der Waals surface area contributed by atoms with Crippen LogP contribution in [0, 0.1) is 11.3 Å². The van der Waals surface area contributed by atoms with Crippen molar-refractivity contribution >= 4 is 10.0 Å². The maximum Gasteiger partial charge on any atom is 0.219 e. The average molecular weight is 266 g/mol. The van der Waals surface area contributed by atoms with Gasteiger partial charge in [0, 0.05) is 6.54 Å². The Bertz CT molecular complexity index is 532. The topological polar surface area (TPSA) is 61.2 Å². The summed E-state index contributed by atoms with van der Waals surface area (Å²) < 4.78 is 25.4. The maximum atomic E-state index is 12.1. The highest BCUT2D eigenvalue weighted by Gasteiger charge is 2.20. The number of nitrogens with zero attached hydrogens (tertiary/aromatic N) is 2. The molecule has 5 heteroatoms. The average Bonchev–Trinajstić information content (AvgIpc) is 2.35. The van der Waals surface area contributed by atoms with Gasteiger partial charge in [-0.2, -0.15) is 9.57 Å². The highest BCUT2D eigenvalue weighted by Crippen LogP contribution is 2.12. The maximum absolute atomic E-state index is 12.1. The fourth-order valence-corrected chi connectivity index (χ4v) is 3.16. The van der Waals surface area contributed by atoms with E-state index in [2.05, 4.69) is 0 Å². The Hall–Kier alpha value is -1.38. The highest BCUT2D eigenvalue weighted by molar-refractivity contribution is 7.88. The summed E-state index contributed by atoms with van der Waals surface area (Å²) in [7, 11) is -3.40. The smallest absolute Gasteiger partial charge is 0.212 e. The minimum atomic E-state index is -3.40. The summed E-state index contributed by atoms with van der Waals surface area (Å²) in [4.78, 5) is 0. The van der Waals surface area contributed by atoms with Crippen LogP contribution in [0.25, 0.3) is 0 Å². The fourth-order valence-electron chi connectivity index (χ4n) is 1.73. The summed E-state index contributed by atoms with van der Waals surface area (Å²) in [6, 6.07) is 9.42. The molecule has 1 rings (SSSR count). The number of sulfonamides is 1. The van der Waals surface area contributed by atoms with Crippen LogP contribution in [0.2, 0.25) is 0 Å². The summed E-state index contributed by atoms with van der Waals surface area (Å²) in [6.45, 7) is 3.99. The van der Waals surface area contributed by atoms with Crippen LogP contribution in [0.5, 0.6) is 0 Å². The fraction of sp³-hybridized carbons (Fsp3) is 0.462. The zero-order valence-electron chi connectivity index (χ0n) is 10.8. The molecular formula is C13H18N2O2S. The molecule has 0 aromatic heterocycles. The molecule has 0 aliphatic carbocycles. The van der Waals surface area contributed by atoms with E-state index in [0.29, 0.717) is 6.54 Å². The van der Waals surface area contributed by atoms with E-state index >= 15 is 0 Å². The molecule has 1 aromatic carbocycles. The standard InChI is InChI=1S/C13H18N2O2S/c1-3-12-6-5-7-13(10-12)11-18(16,17)15(4-2)9-8-14/h5-7,10H,3-4,9,11H2,1-2H3. The molecule has 1 aromatic rings. The third-order valence-corrected chi connectivity index (χ3v) is 4.61. The lowest BCUT2D eigenvalue weighted by Crippen LogP contribution is -2.32. The van der Waals surface area contributed by atoms with Gasteiger partial charge in [0.25, 0.3) is 0 Å². The van der Waals surface area contributed by atoms with Gasteiger partial charge in [-0.15, -0.1) is 0 Å². The van der Waals surface area contributed by atoms with Gasteiger partial charge in [-0.25, -0.2) is 8.42 Å². The van der Waals surface area contributed by atoms with Gasteiger partial charge in [-0.05, 0) is 17.5 Å². The van der Waals surface area contributed by atoms with Gasteiger partial charge < -0.3 is 0 Å². The van der Waals surface area contributed by atoms with Crippen molar-refractivity contribution in [1.29, 1.82) is 5.26 Å². The summed E-state index contributed by atoms with van der Waals surface area (Å²) >= 11 is 0. The monoisotopic (exact) mass is 266 g/mol. The van der Waals surface area contributed by atoms with Crippen LogP contribution in [-0.2, 0) is 22.2 Å². The van der Waals surface area contributed by atoms with E-state index in [-0.39, 0.29) is 12.3 Å². The van der Waals surface area contributed by atoms with Crippen LogP contribution >= 0.6 is 0 Å². The number of nitriles is 1. The summed E-state index contributed by atoms with van der Waals surface area (Å²) in [5, 5.41) is 8.62. The second-order valence-corrected chi connectivity index (χ2v) is 5.98. The molecule has 4 nitrogen and oxygen atoms in total.